The summed E-state index contributed by atoms with van der Waals surface area (Å²) in [6.07, 6.45) is 0. The molecule has 1 N–H and O–H groups in total. The molecule has 5 nitrogen and oxygen atoms in total. The van der Waals surface area contributed by atoms with Crippen LogP contribution in [0.4, 0.5) is 5.69 Å². The molecule has 0 aromatic heterocycles. The molecule has 0 fully saturated rings. The first kappa shape index (κ1) is 9.48. The van der Waals surface area contributed by atoms with Crippen LogP contribution in [0.2, 0.25) is 0 Å². The van der Waals surface area contributed by atoms with Gasteiger partial charge in [-0.2, -0.15) is 5.26 Å². The Balaban J connectivity index is 3.50. The number of hydrogen-bond acceptors (Lipinski definition) is 4. The lowest BCUT2D eigenvalue weighted by atomic mass is 10.2. The number of hydrogen-bond donors (Lipinski definition) is 1. The van der Waals surface area contributed by atoms with Crippen LogP contribution in [0.25, 0.3) is 0 Å². The highest BCUT2D eigenvalue weighted by Gasteiger charge is 2.17. The number of halogens is 1. The Hall–Kier alpha value is -1.61. The number of nitrogens with zero attached hydrogens (tertiary/aromatic N) is 2. The minimum Gasteiger partial charge on any atom is -0.508 e. The third-order valence-corrected chi connectivity index (χ3v) is 1.99. The Morgan fingerprint density at radius 2 is 2.23 bits per heavy atom. The van der Waals surface area contributed by atoms with E-state index in [-0.39, 0.29) is 15.8 Å². The lowest BCUT2D eigenvalue weighted by molar-refractivity contribution is -0.385. The van der Waals surface area contributed by atoms with E-state index in [1.807, 2.05) is 0 Å². The summed E-state index contributed by atoms with van der Waals surface area (Å²) >= 11 is 2.94. The van der Waals surface area contributed by atoms with Crippen molar-refractivity contribution in [3.8, 4) is 11.8 Å². The standard InChI is InChI=1S/C7H3BrN2O3/c8-6-1-4(11)2-7(10(12)13)5(6)3-9/h1-2,11H. The zero-order chi connectivity index (χ0) is 10.0. The number of phenolic OH excluding ortho intramolecular Hbond substituents is 1. The van der Waals surface area contributed by atoms with Crippen LogP contribution < -0.4 is 0 Å². The summed E-state index contributed by atoms with van der Waals surface area (Å²) < 4.78 is 0.210. The summed E-state index contributed by atoms with van der Waals surface area (Å²) in [5.74, 6) is -0.252. The molecule has 1 rings (SSSR count). The fourth-order valence-electron chi connectivity index (χ4n) is 0.833. The number of aromatic hydroxyl groups is 1. The maximum atomic E-state index is 10.4. The Morgan fingerprint density at radius 3 is 2.69 bits per heavy atom. The summed E-state index contributed by atoms with van der Waals surface area (Å²) in [6.45, 7) is 0. The Labute approximate surface area is 81.5 Å². The van der Waals surface area contributed by atoms with Gasteiger partial charge in [-0.1, -0.05) is 0 Å². The zero-order valence-corrected chi connectivity index (χ0v) is 7.78. The van der Waals surface area contributed by atoms with Gasteiger partial charge in [0.1, 0.15) is 17.4 Å². The molecule has 0 aliphatic rings. The van der Waals surface area contributed by atoms with Gasteiger partial charge in [-0.25, -0.2) is 0 Å². The van der Waals surface area contributed by atoms with Crippen LogP contribution in [-0.2, 0) is 0 Å². The summed E-state index contributed by atoms with van der Waals surface area (Å²) in [6, 6.07) is 3.83. The number of phenols is 1. The van der Waals surface area contributed by atoms with Crippen LogP contribution in [-0.4, -0.2) is 10.0 Å². The fraction of sp³-hybridized carbons (Fsp3) is 0. The van der Waals surface area contributed by atoms with Crippen molar-refractivity contribution in [2.45, 2.75) is 0 Å². The average Bonchev–Trinajstić information content (AvgIpc) is 2.02. The van der Waals surface area contributed by atoms with Gasteiger partial charge >= 0.3 is 0 Å². The van der Waals surface area contributed by atoms with Gasteiger partial charge in [0, 0.05) is 4.47 Å². The lowest BCUT2D eigenvalue weighted by Gasteiger charge is -1.98. The minimum atomic E-state index is -0.719. The smallest absolute Gasteiger partial charge is 0.291 e. The molecular formula is C7H3BrN2O3. The SMILES string of the molecule is N#Cc1c(Br)cc(O)cc1[N+](=O)[O-]. The molecule has 0 saturated carbocycles. The molecule has 0 spiro atoms. The van der Waals surface area contributed by atoms with Gasteiger partial charge in [-0.05, 0) is 22.0 Å². The molecule has 0 unspecified atom stereocenters. The van der Waals surface area contributed by atoms with E-state index in [9.17, 15) is 10.1 Å². The van der Waals surface area contributed by atoms with Gasteiger partial charge in [0.15, 0.2) is 0 Å². The summed E-state index contributed by atoms with van der Waals surface area (Å²) in [4.78, 5) is 9.69. The van der Waals surface area contributed by atoms with Gasteiger partial charge in [0.25, 0.3) is 5.69 Å². The largest absolute Gasteiger partial charge is 0.508 e. The number of nitro benzene ring substituents is 1. The molecule has 0 bridgehead atoms. The fourth-order valence-corrected chi connectivity index (χ4v) is 1.36. The topological polar surface area (TPSA) is 87.2 Å². The normalized spacial score (nSPS) is 9.23. The van der Waals surface area contributed by atoms with E-state index in [1.54, 1.807) is 6.07 Å². The van der Waals surface area contributed by atoms with Crippen molar-refractivity contribution in [1.82, 2.24) is 0 Å². The van der Waals surface area contributed by atoms with Crippen LogP contribution in [0.5, 0.6) is 5.75 Å². The van der Waals surface area contributed by atoms with Crippen molar-refractivity contribution in [2.75, 3.05) is 0 Å². The van der Waals surface area contributed by atoms with E-state index in [2.05, 4.69) is 15.9 Å². The van der Waals surface area contributed by atoms with Crippen LogP contribution in [0.1, 0.15) is 5.56 Å². The first-order chi connectivity index (χ1) is 6.06. The van der Waals surface area contributed by atoms with E-state index in [4.69, 9.17) is 10.4 Å². The zero-order valence-electron chi connectivity index (χ0n) is 6.19. The molecule has 0 aliphatic heterocycles. The minimum absolute atomic E-state index is 0.0946. The second-order valence-electron chi connectivity index (χ2n) is 2.19. The Kier molecular flexibility index (Phi) is 2.49. The number of benzene rings is 1. The number of rotatable bonds is 1. The summed E-state index contributed by atoms with van der Waals surface area (Å²) in [7, 11) is 0. The molecule has 0 amide bonds. The molecule has 1 aromatic carbocycles. The Bertz CT molecular complexity index is 411. The highest BCUT2D eigenvalue weighted by molar-refractivity contribution is 9.10. The number of nitro groups is 1. The third-order valence-electron chi connectivity index (χ3n) is 1.36. The second-order valence-corrected chi connectivity index (χ2v) is 3.04. The Morgan fingerprint density at radius 1 is 1.62 bits per heavy atom. The van der Waals surface area contributed by atoms with Crippen molar-refractivity contribution in [3.63, 3.8) is 0 Å². The molecule has 66 valence electrons. The molecular weight excluding hydrogens is 240 g/mol. The maximum Gasteiger partial charge on any atom is 0.291 e. The van der Waals surface area contributed by atoms with E-state index >= 15 is 0 Å². The van der Waals surface area contributed by atoms with Gasteiger partial charge in [0.05, 0.1) is 11.0 Å². The third kappa shape index (κ3) is 1.76. The second kappa shape index (κ2) is 3.41. The van der Waals surface area contributed by atoms with Crippen molar-refractivity contribution < 1.29 is 10.0 Å². The maximum absolute atomic E-state index is 10.4. The predicted molar refractivity (Wildman–Crippen MR) is 47.2 cm³/mol. The van der Waals surface area contributed by atoms with Gasteiger partial charge in [-0.15, -0.1) is 0 Å². The summed E-state index contributed by atoms with van der Waals surface area (Å²) in [5.41, 5.74) is -0.503. The average molecular weight is 243 g/mol. The molecule has 0 atom stereocenters. The van der Waals surface area contributed by atoms with Crippen molar-refractivity contribution >= 4 is 21.6 Å². The first-order valence-corrected chi connectivity index (χ1v) is 3.92. The van der Waals surface area contributed by atoms with E-state index < -0.39 is 10.6 Å². The highest BCUT2D eigenvalue weighted by atomic mass is 79.9. The van der Waals surface area contributed by atoms with E-state index in [0.29, 0.717) is 0 Å². The first-order valence-electron chi connectivity index (χ1n) is 3.13. The van der Waals surface area contributed by atoms with Gasteiger partial charge < -0.3 is 5.11 Å². The molecule has 0 heterocycles. The molecule has 6 heteroatoms. The summed E-state index contributed by atoms with van der Waals surface area (Å²) in [5, 5.41) is 28.0. The lowest BCUT2D eigenvalue weighted by Crippen LogP contribution is -1.92. The van der Waals surface area contributed by atoms with Crippen LogP contribution >= 0.6 is 15.9 Å². The molecule has 0 aliphatic carbocycles. The quantitative estimate of drug-likeness (QED) is 0.602. The van der Waals surface area contributed by atoms with Crippen molar-refractivity contribution in [3.05, 3.63) is 32.3 Å². The molecule has 1 aromatic rings. The molecule has 0 radical (unpaired) electrons. The number of nitriles is 1. The monoisotopic (exact) mass is 242 g/mol. The van der Waals surface area contributed by atoms with E-state index in [1.165, 1.54) is 6.07 Å². The van der Waals surface area contributed by atoms with E-state index in [0.717, 1.165) is 6.07 Å². The highest BCUT2D eigenvalue weighted by Crippen LogP contribution is 2.30. The van der Waals surface area contributed by atoms with Gasteiger partial charge in [-0.3, -0.25) is 10.1 Å². The van der Waals surface area contributed by atoms with Crippen LogP contribution in [0.15, 0.2) is 16.6 Å². The molecule has 0 saturated heterocycles. The van der Waals surface area contributed by atoms with Crippen LogP contribution in [0.3, 0.4) is 0 Å². The predicted octanol–water partition coefficient (Wildman–Crippen LogP) is 1.93. The van der Waals surface area contributed by atoms with Crippen molar-refractivity contribution in [1.29, 1.82) is 5.26 Å². The van der Waals surface area contributed by atoms with Crippen LogP contribution in [0, 0.1) is 21.4 Å². The van der Waals surface area contributed by atoms with Gasteiger partial charge in [0.2, 0.25) is 0 Å². The van der Waals surface area contributed by atoms with Crippen molar-refractivity contribution in [2.24, 2.45) is 0 Å². The molecule has 13 heavy (non-hydrogen) atoms.